The first-order valence-corrected chi connectivity index (χ1v) is 3.45. The second kappa shape index (κ2) is 3.90. The van der Waals surface area contributed by atoms with Crippen molar-refractivity contribution in [1.29, 1.82) is 0 Å². The summed E-state index contributed by atoms with van der Waals surface area (Å²) in [5.41, 5.74) is 0. The summed E-state index contributed by atoms with van der Waals surface area (Å²) < 4.78 is 5.06. The summed E-state index contributed by atoms with van der Waals surface area (Å²) in [7, 11) is 0. The SMILES string of the molecule is C#CCOc1[c]c(Cl)ccc1. The largest absolute Gasteiger partial charge is 0.480 e. The molecule has 0 aliphatic heterocycles. The third-order valence-electron chi connectivity index (χ3n) is 1.04. The smallest absolute Gasteiger partial charge is 0.148 e. The molecule has 0 amide bonds. The Bertz CT molecular complexity index is 275. The molecule has 0 aliphatic rings. The summed E-state index contributed by atoms with van der Waals surface area (Å²) in [6, 6.07) is 8.05. The van der Waals surface area contributed by atoms with Crippen LogP contribution in [0.3, 0.4) is 0 Å². The lowest BCUT2D eigenvalue weighted by molar-refractivity contribution is 0.369. The Kier molecular flexibility index (Phi) is 2.83. The number of hydrogen-bond donors (Lipinski definition) is 0. The predicted octanol–water partition coefficient (Wildman–Crippen LogP) is 2.15. The zero-order chi connectivity index (χ0) is 8.10. The lowest BCUT2D eigenvalue weighted by Gasteiger charge is -1.99. The number of terminal acetylenes is 1. The van der Waals surface area contributed by atoms with Gasteiger partial charge in [0.2, 0.25) is 0 Å². The standard InChI is InChI=1S/C9H6ClO/c1-2-6-11-9-5-3-4-8(10)7-9/h1,3-5H,6H2. The van der Waals surface area contributed by atoms with E-state index in [9.17, 15) is 0 Å². The first-order chi connectivity index (χ1) is 5.33. The molecular weight excluding hydrogens is 160 g/mol. The molecule has 1 nitrogen and oxygen atoms in total. The van der Waals surface area contributed by atoms with Crippen molar-refractivity contribution in [1.82, 2.24) is 0 Å². The normalized spacial score (nSPS) is 8.73. The van der Waals surface area contributed by atoms with Gasteiger partial charge in [-0.3, -0.25) is 0 Å². The van der Waals surface area contributed by atoms with E-state index in [0.717, 1.165) is 0 Å². The maximum Gasteiger partial charge on any atom is 0.148 e. The van der Waals surface area contributed by atoms with Gasteiger partial charge >= 0.3 is 0 Å². The second-order valence-corrected chi connectivity index (χ2v) is 2.26. The van der Waals surface area contributed by atoms with Crippen LogP contribution in [0, 0.1) is 18.4 Å². The molecule has 0 fully saturated rings. The molecule has 0 N–H and O–H groups in total. The monoisotopic (exact) mass is 165 g/mol. The molecule has 1 radical (unpaired) electrons. The Hall–Kier alpha value is -1.13. The number of rotatable bonds is 2. The molecule has 0 saturated carbocycles. The van der Waals surface area contributed by atoms with E-state index in [1.165, 1.54) is 0 Å². The van der Waals surface area contributed by atoms with Gasteiger partial charge in [-0.15, -0.1) is 6.42 Å². The number of halogens is 1. The Morgan fingerprint density at radius 1 is 1.64 bits per heavy atom. The average Bonchev–Trinajstić information content (AvgIpc) is 2.01. The zero-order valence-corrected chi connectivity index (χ0v) is 6.56. The van der Waals surface area contributed by atoms with Gasteiger partial charge in [-0.2, -0.15) is 0 Å². The lowest BCUT2D eigenvalue weighted by atomic mass is 10.3. The molecule has 1 rings (SSSR count). The quantitative estimate of drug-likeness (QED) is 0.611. The van der Waals surface area contributed by atoms with Gasteiger partial charge in [-0.25, -0.2) is 0 Å². The Morgan fingerprint density at radius 3 is 3.09 bits per heavy atom. The molecular formula is C9H6ClO. The summed E-state index contributed by atoms with van der Waals surface area (Å²) in [5, 5.41) is 0.527. The van der Waals surface area contributed by atoms with E-state index in [4.69, 9.17) is 22.8 Å². The summed E-state index contributed by atoms with van der Waals surface area (Å²) in [6.45, 7) is 0.247. The highest BCUT2D eigenvalue weighted by atomic mass is 35.5. The van der Waals surface area contributed by atoms with Gasteiger partial charge in [0.25, 0.3) is 0 Å². The van der Waals surface area contributed by atoms with E-state index in [0.29, 0.717) is 10.8 Å². The van der Waals surface area contributed by atoms with E-state index in [1.54, 1.807) is 18.2 Å². The summed E-state index contributed by atoms with van der Waals surface area (Å²) in [6.07, 6.45) is 4.99. The molecule has 0 unspecified atom stereocenters. The van der Waals surface area contributed by atoms with E-state index in [-0.39, 0.29) is 6.61 Å². The van der Waals surface area contributed by atoms with Gasteiger partial charge in [0.15, 0.2) is 0 Å². The van der Waals surface area contributed by atoms with Crippen LogP contribution in [0.25, 0.3) is 0 Å². The molecule has 0 atom stereocenters. The van der Waals surface area contributed by atoms with Crippen LogP contribution in [0.5, 0.6) is 5.75 Å². The molecule has 2 heteroatoms. The summed E-state index contributed by atoms with van der Waals surface area (Å²) in [4.78, 5) is 0. The van der Waals surface area contributed by atoms with E-state index in [2.05, 4.69) is 12.0 Å². The van der Waals surface area contributed by atoms with Crippen LogP contribution >= 0.6 is 11.6 Å². The highest BCUT2D eigenvalue weighted by Gasteiger charge is 1.92. The molecule has 0 bridgehead atoms. The number of benzene rings is 1. The minimum Gasteiger partial charge on any atom is -0.480 e. The number of ether oxygens (including phenoxy) is 1. The lowest BCUT2D eigenvalue weighted by Crippen LogP contribution is -1.92. The van der Waals surface area contributed by atoms with Crippen molar-refractivity contribution in [3.8, 4) is 18.1 Å². The van der Waals surface area contributed by atoms with Crippen molar-refractivity contribution >= 4 is 11.6 Å². The fraction of sp³-hybridized carbons (Fsp3) is 0.111. The van der Waals surface area contributed by atoms with Crippen LogP contribution < -0.4 is 4.74 Å². The maximum atomic E-state index is 5.64. The van der Waals surface area contributed by atoms with Crippen LogP contribution in [-0.2, 0) is 0 Å². The van der Waals surface area contributed by atoms with Crippen molar-refractivity contribution in [2.45, 2.75) is 0 Å². The van der Waals surface area contributed by atoms with Crippen LogP contribution in [0.1, 0.15) is 0 Å². The fourth-order valence-corrected chi connectivity index (χ4v) is 0.791. The van der Waals surface area contributed by atoms with Crippen molar-refractivity contribution in [3.05, 3.63) is 29.3 Å². The highest BCUT2D eigenvalue weighted by Crippen LogP contribution is 2.15. The van der Waals surface area contributed by atoms with Crippen LogP contribution in [0.15, 0.2) is 18.2 Å². The van der Waals surface area contributed by atoms with Gasteiger partial charge < -0.3 is 4.74 Å². The van der Waals surface area contributed by atoms with Gasteiger partial charge in [0.05, 0.1) is 5.02 Å². The van der Waals surface area contributed by atoms with Gasteiger partial charge in [0.1, 0.15) is 12.4 Å². The minimum atomic E-state index is 0.247. The van der Waals surface area contributed by atoms with Crippen LogP contribution in [0.2, 0.25) is 5.02 Å². The molecule has 55 valence electrons. The van der Waals surface area contributed by atoms with Gasteiger partial charge in [-0.1, -0.05) is 23.6 Å². The number of hydrogen-bond acceptors (Lipinski definition) is 1. The molecule has 0 heterocycles. The van der Waals surface area contributed by atoms with Gasteiger partial charge in [0, 0.05) is 6.07 Å². The van der Waals surface area contributed by atoms with Crippen molar-refractivity contribution in [2.75, 3.05) is 6.61 Å². The zero-order valence-electron chi connectivity index (χ0n) is 5.80. The van der Waals surface area contributed by atoms with Crippen molar-refractivity contribution < 1.29 is 4.74 Å². The fourth-order valence-electron chi connectivity index (χ4n) is 0.625. The molecule has 1 aromatic carbocycles. The molecule has 0 aliphatic carbocycles. The van der Waals surface area contributed by atoms with E-state index in [1.807, 2.05) is 0 Å². The average molecular weight is 166 g/mol. The summed E-state index contributed by atoms with van der Waals surface area (Å²) >= 11 is 5.64. The van der Waals surface area contributed by atoms with Crippen molar-refractivity contribution in [3.63, 3.8) is 0 Å². The highest BCUT2D eigenvalue weighted by molar-refractivity contribution is 6.30. The Labute approximate surface area is 70.9 Å². The van der Waals surface area contributed by atoms with E-state index >= 15 is 0 Å². The van der Waals surface area contributed by atoms with Crippen molar-refractivity contribution in [2.24, 2.45) is 0 Å². The molecule has 11 heavy (non-hydrogen) atoms. The first kappa shape index (κ1) is 7.97. The van der Waals surface area contributed by atoms with Gasteiger partial charge in [-0.05, 0) is 12.1 Å². The molecule has 1 aromatic rings. The van der Waals surface area contributed by atoms with E-state index < -0.39 is 0 Å². The molecule has 0 saturated heterocycles. The third-order valence-corrected chi connectivity index (χ3v) is 1.26. The second-order valence-electron chi connectivity index (χ2n) is 1.86. The summed E-state index contributed by atoms with van der Waals surface area (Å²) in [5.74, 6) is 2.93. The van der Waals surface area contributed by atoms with Crippen LogP contribution in [0.4, 0.5) is 0 Å². The first-order valence-electron chi connectivity index (χ1n) is 3.07. The molecule has 0 spiro atoms. The molecule has 0 aromatic heterocycles. The van der Waals surface area contributed by atoms with Crippen LogP contribution in [-0.4, -0.2) is 6.61 Å². The predicted molar refractivity (Wildman–Crippen MR) is 44.6 cm³/mol. The Morgan fingerprint density at radius 2 is 2.45 bits per heavy atom. The minimum absolute atomic E-state index is 0.247. The maximum absolute atomic E-state index is 5.64. The topological polar surface area (TPSA) is 9.23 Å². The third kappa shape index (κ3) is 2.53. The Balaban J connectivity index is 2.65.